The van der Waals surface area contributed by atoms with E-state index in [1.165, 1.54) is 17.9 Å². The lowest BCUT2D eigenvalue weighted by atomic mass is 10.0. The Labute approximate surface area is 188 Å². The molecular formula is C23H17Cl2N3O3. The van der Waals surface area contributed by atoms with Gasteiger partial charge in [0.1, 0.15) is 17.1 Å². The Kier molecular flexibility index (Phi) is 6.21. The second kappa shape index (κ2) is 9.20. The third-order valence-electron chi connectivity index (χ3n) is 4.55. The monoisotopic (exact) mass is 453 g/mol. The Morgan fingerprint density at radius 3 is 2.19 bits per heavy atom. The van der Waals surface area contributed by atoms with Crippen LogP contribution in [0.5, 0.6) is 5.75 Å². The highest BCUT2D eigenvalue weighted by molar-refractivity contribution is 6.35. The SMILES string of the molecule is COC(=O)C(Oc1ccc(Cl)cc1Cl)n1nnc(-c2ccccc2)c1-c1ccccc1. The summed E-state index contributed by atoms with van der Waals surface area (Å²) in [6.07, 6.45) is -1.26. The number of carbonyl (C=O) groups is 1. The van der Waals surface area contributed by atoms with Crippen molar-refractivity contribution in [3.8, 4) is 28.3 Å². The number of benzene rings is 3. The van der Waals surface area contributed by atoms with Crippen molar-refractivity contribution in [3.05, 3.63) is 88.9 Å². The molecule has 0 N–H and O–H groups in total. The van der Waals surface area contributed by atoms with Crippen molar-refractivity contribution in [2.24, 2.45) is 0 Å². The van der Waals surface area contributed by atoms with Gasteiger partial charge in [0.2, 0.25) is 0 Å². The zero-order valence-electron chi connectivity index (χ0n) is 16.4. The fraction of sp³-hybridized carbons (Fsp3) is 0.0870. The van der Waals surface area contributed by atoms with Gasteiger partial charge in [0, 0.05) is 16.1 Å². The average molecular weight is 454 g/mol. The van der Waals surface area contributed by atoms with E-state index in [1.54, 1.807) is 12.1 Å². The van der Waals surface area contributed by atoms with Crippen molar-refractivity contribution in [3.63, 3.8) is 0 Å². The molecule has 156 valence electrons. The number of aromatic nitrogens is 3. The molecule has 0 saturated carbocycles. The summed E-state index contributed by atoms with van der Waals surface area (Å²) in [6.45, 7) is 0. The zero-order valence-corrected chi connectivity index (χ0v) is 17.9. The van der Waals surface area contributed by atoms with Crippen molar-refractivity contribution >= 4 is 29.2 Å². The minimum atomic E-state index is -1.26. The number of nitrogens with zero attached hydrogens (tertiary/aromatic N) is 3. The normalized spacial score (nSPS) is 11.7. The lowest BCUT2D eigenvalue weighted by Crippen LogP contribution is -2.28. The van der Waals surface area contributed by atoms with Crippen LogP contribution in [0.15, 0.2) is 78.9 Å². The minimum Gasteiger partial charge on any atom is -0.465 e. The van der Waals surface area contributed by atoms with E-state index in [0.29, 0.717) is 16.4 Å². The van der Waals surface area contributed by atoms with Crippen molar-refractivity contribution in [2.75, 3.05) is 7.11 Å². The van der Waals surface area contributed by atoms with Crippen molar-refractivity contribution < 1.29 is 14.3 Å². The van der Waals surface area contributed by atoms with Gasteiger partial charge in [0.25, 0.3) is 6.23 Å². The Balaban J connectivity index is 1.87. The number of halogens is 2. The molecular weight excluding hydrogens is 437 g/mol. The van der Waals surface area contributed by atoms with Crippen LogP contribution in [0.2, 0.25) is 10.0 Å². The summed E-state index contributed by atoms with van der Waals surface area (Å²) in [5.74, 6) is -0.398. The Bertz CT molecular complexity index is 1200. The molecule has 0 saturated heterocycles. The van der Waals surface area contributed by atoms with Crippen LogP contribution in [-0.4, -0.2) is 28.1 Å². The van der Waals surface area contributed by atoms with E-state index in [4.69, 9.17) is 32.7 Å². The van der Waals surface area contributed by atoms with Gasteiger partial charge >= 0.3 is 5.97 Å². The predicted octanol–water partition coefficient (Wildman–Crippen LogP) is 5.67. The summed E-state index contributed by atoms with van der Waals surface area (Å²) in [7, 11) is 1.28. The van der Waals surface area contributed by atoms with E-state index in [0.717, 1.165) is 11.1 Å². The van der Waals surface area contributed by atoms with Crippen LogP contribution in [-0.2, 0) is 9.53 Å². The first-order chi connectivity index (χ1) is 15.1. The molecule has 0 radical (unpaired) electrons. The molecule has 8 heteroatoms. The molecule has 1 atom stereocenters. The number of hydrogen-bond acceptors (Lipinski definition) is 5. The van der Waals surface area contributed by atoms with Crippen molar-refractivity contribution in [1.82, 2.24) is 15.0 Å². The number of esters is 1. The lowest BCUT2D eigenvalue weighted by Gasteiger charge is -2.20. The molecule has 0 aliphatic rings. The van der Waals surface area contributed by atoms with E-state index >= 15 is 0 Å². The van der Waals surface area contributed by atoms with Gasteiger partial charge < -0.3 is 9.47 Å². The zero-order chi connectivity index (χ0) is 21.8. The molecule has 6 nitrogen and oxygen atoms in total. The fourth-order valence-electron chi connectivity index (χ4n) is 3.10. The summed E-state index contributed by atoms with van der Waals surface area (Å²) in [6, 6.07) is 23.8. The average Bonchev–Trinajstić information content (AvgIpc) is 3.24. The summed E-state index contributed by atoms with van der Waals surface area (Å²) in [4.78, 5) is 12.7. The van der Waals surface area contributed by atoms with Gasteiger partial charge in [-0.05, 0) is 18.2 Å². The summed E-state index contributed by atoms with van der Waals surface area (Å²) in [5.41, 5.74) is 2.87. The quantitative estimate of drug-likeness (QED) is 0.351. The lowest BCUT2D eigenvalue weighted by molar-refractivity contribution is -0.154. The van der Waals surface area contributed by atoms with E-state index < -0.39 is 12.2 Å². The predicted molar refractivity (Wildman–Crippen MR) is 119 cm³/mol. The number of rotatable bonds is 6. The molecule has 0 spiro atoms. The van der Waals surface area contributed by atoms with Gasteiger partial charge in [-0.25, -0.2) is 4.79 Å². The molecule has 4 rings (SSSR count). The van der Waals surface area contributed by atoms with Gasteiger partial charge in [0.15, 0.2) is 0 Å². The molecule has 0 fully saturated rings. The highest BCUT2D eigenvalue weighted by atomic mass is 35.5. The fourth-order valence-corrected chi connectivity index (χ4v) is 3.56. The molecule has 1 unspecified atom stereocenters. The van der Waals surface area contributed by atoms with Crippen molar-refractivity contribution in [1.29, 1.82) is 0 Å². The van der Waals surface area contributed by atoms with Crippen LogP contribution in [0, 0.1) is 0 Å². The summed E-state index contributed by atoms with van der Waals surface area (Å²) < 4.78 is 12.3. The van der Waals surface area contributed by atoms with Gasteiger partial charge in [-0.2, -0.15) is 4.68 Å². The van der Waals surface area contributed by atoms with Crippen LogP contribution in [0.3, 0.4) is 0 Å². The van der Waals surface area contributed by atoms with Crippen LogP contribution >= 0.6 is 23.2 Å². The molecule has 4 aromatic rings. The Morgan fingerprint density at radius 2 is 1.58 bits per heavy atom. The molecule has 1 heterocycles. The van der Waals surface area contributed by atoms with Gasteiger partial charge in [-0.3, -0.25) is 0 Å². The number of hydrogen-bond donors (Lipinski definition) is 0. The van der Waals surface area contributed by atoms with Crippen molar-refractivity contribution in [2.45, 2.75) is 6.23 Å². The van der Waals surface area contributed by atoms with Gasteiger partial charge in [-0.15, -0.1) is 5.10 Å². The van der Waals surface area contributed by atoms with E-state index in [1.807, 2.05) is 60.7 Å². The largest absolute Gasteiger partial charge is 0.465 e. The molecule has 3 aromatic carbocycles. The van der Waals surface area contributed by atoms with Gasteiger partial charge in [-0.1, -0.05) is 89.1 Å². The van der Waals surface area contributed by atoms with E-state index in [-0.39, 0.29) is 10.8 Å². The Morgan fingerprint density at radius 1 is 0.935 bits per heavy atom. The highest BCUT2D eigenvalue weighted by Crippen LogP contribution is 2.35. The molecule has 1 aromatic heterocycles. The molecule has 0 aliphatic carbocycles. The maximum atomic E-state index is 12.7. The second-order valence-corrected chi connectivity index (χ2v) is 7.38. The van der Waals surface area contributed by atoms with Gasteiger partial charge in [0.05, 0.1) is 12.1 Å². The second-order valence-electron chi connectivity index (χ2n) is 6.53. The van der Waals surface area contributed by atoms with Crippen LogP contribution in [0.4, 0.5) is 0 Å². The van der Waals surface area contributed by atoms with Crippen LogP contribution in [0.1, 0.15) is 6.23 Å². The van der Waals surface area contributed by atoms with Crippen LogP contribution < -0.4 is 4.74 Å². The maximum absolute atomic E-state index is 12.7. The van der Waals surface area contributed by atoms with E-state index in [2.05, 4.69) is 10.3 Å². The first kappa shape index (κ1) is 20.9. The summed E-state index contributed by atoms with van der Waals surface area (Å²) >= 11 is 12.2. The minimum absolute atomic E-state index is 0.256. The smallest absolute Gasteiger partial charge is 0.370 e. The molecule has 0 aliphatic heterocycles. The number of ether oxygens (including phenoxy) is 2. The Hall–Kier alpha value is -3.35. The number of methoxy groups -OCH3 is 1. The third-order valence-corrected chi connectivity index (χ3v) is 5.08. The molecule has 0 bridgehead atoms. The summed E-state index contributed by atoms with van der Waals surface area (Å²) in [5, 5.41) is 9.31. The molecule has 0 amide bonds. The maximum Gasteiger partial charge on any atom is 0.370 e. The highest BCUT2D eigenvalue weighted by Gasteiger charge is 2.30. The number of carbonyl (C=O) groups excluding carboxylic acids is 1. The first-order valence-corrected chi connectivity index (χ1v) is 10.1. The van der Waals surface area contributed by atoms with Crippen LogP contribution in [0.25, 0.3) is 22.5 Å². The molecule has 31 heavy (non-hydrogen) atoms. The standard InChI is InChI=1S/C23H17Cl2N3O3/c1-30-23(29)22(31-19-13-12-17(24)14-18(19)25)28-21(16-10-6-3-7-11-16)20(26-27-28)15-8-4-2-5-9-15/h2-14,22H,1H3. The first-order valence-electron chi connectivity index (χ1n) is 9.34. The van der Waals surface area contributed by atoms with E-state index in [9.17, 15) is 4.79 Å². The topological polar surface area (TPSA) is 66.2 Å². The third kappa shape index (κ3) is 4.40.